The number of nitrogens with two attached hydrogens (primary N) is 1. The average Bonchev–Trinajstić information content (AvgIpc) is 3.03. The summed E-state index contributed by atoms with van der Waals surface area (Å²) in [6, 6.07) is 6.75. The van der Waals surface area contributed by atoms with E-state index in [1.165, 1.54) is 48.9 Å². The molecule has 2 aliphatic carbocycles. The van der Waals surface area contributed by atoms with Crippen molar-refractivity contribution in [2.24, 2.45) is 23.5 Å². The summed E-state index contributed by atoms with van der Waals surface area (Å²) in [5.74, 6) is 2.98. The van der Waals surface area contributed by atoms with Gasteiger partial charge in [0.1, 0.15) is 0 Å². The fourth-order valence-electron chi connectivity index (χ4n) is 4.67. The lowest BCUT2D eigenvalue weighted by molar-refractivity contribution is 0.212. The topological polar surface area (TPSA) is 29.3 Å². The molecular weight excluding hydrogens is 256 g/mol. The van der Waals surface area contributed by atoms with E-state index in [9.17, 15) is 0 Å². The van der Waals surface area contributed by atoms with Crippen molar-refractivity contribution in [2.45, 2.75) is 45.6 Å². The van der Waals surface area contributed by atoms with Crippen LogP contribution < -0.4 is 5.73 Å². The second-order valence-electron chi connectivity index (χ2n) is 7.62. The van der Waals surface area contributed by atoms with Crippen molar-refractivity contribution in [3.05, 3.63) is 34.9 Å². The number of nitrogens with zero attached hydrogens (tertiary/aromatic N) is 1. The standard InChI is InChI=1S/C19H30N2/c1-13-4-5-14(2)18(8-13)19(20)12-21(3)11-17-10-15-6-7-16(17)9-15/h4-5,8,15-17,19H,6-7,9-12,20H2,1-3H3. The number of fused-ring (bicyclic) bond motifs is 2. The molecule has 1 aromatic rings. The van der Waals surface area contributed by atoms with Gasteiger partial charge < -0.3 is 10.6 Å². The first-order chi connectivity index (χ1) is 10.0. The second-order valence-corrected chi connectivity index (χ2v) is 7.62. The lowest BCUT2D eigenvalue weighted by Gasteiger charge is -2.29. The molecule has 2 fully saturated rings. The molecule has 0 saturated heterocycles. The monoisotopic (exact) mass is 286 g/mol. The molecule has 2 nitrogen and oxygen atoms in total. The zero-order valence-electron chi connectivity index (χ0n) is 13.8. The number of aryl methyl sites for hydroxylation is 2. The highest BCUT2D eigenvalue weighted by Gasteiger charge is 2.39. The number of benzene rings is 1. The maximum absolute atomic E-state index is 6.47. The third kappa shape index (κ3) is 3.32. The molecule has 0 aliphatic heterocycles. The fourth-order valence-corrected chi connectivity index (χ4v) is 4.67. The van der Waals surface area contributed by atoms with Crippen LogP contribution in [0.4, 0.5) is 0 Å². The van der Waals surface area contributed by atoms with E-state index in [0.717, 1.165) is 24.3 Å². The van der Waals surface area contributed by atoms with Gasteiger partial charge in [0.05, 0.1) is 0 Å². The maximum Gasteiger partial charge on any atom is 0.0426 e. The maximum atomic E-state index is 6.47. The minimum Gasteiger partial charge on any atom is -0.323 e. The van der Waals surface area contributed by atoms with Gasteiger partial charge in [0.2, 0.25) is 0 Å². The van der Waals surface area contributed by atoms with Gasteiger partial charge in [-0.15, -0.1) is 0 Å². The molecule has 21 heavy (non-hydrogen) atoms. The molecule has 0 radical (unpaired) electrons. The molecule has 0 amide bonds. The summed E-state index contributed by atoms with van der Waals surface area (Å²) >= 11 is 0. The summed E-state index contributed by atoms with van der Waals surface area (Å²) in [5, 5.41) is 0. The smallest absolute Gasteiger partial charge is 0.0426 e. The molecule has 3 rings (SSSR count). The molecule has 2 heteroatoms. The Labute approximate surface area is 129 Å². The Bertz CT molecular complexity index is 496. The minimum atomic E-state index is 0.133. The summed E-state index contributed by atoms with van der Waals surface area (Å²) in [4.78, 5) is 2.47. The molecule has 116 valence electrons. The van der Waals surface area contributed by atoms with E-state index in [1.54, 1.807) is 0 Å². The van der Waals surface area contributed by atoms with Gasteiger partial charge >= 0.3 is 0 Å². The normalized spacial score (nSPS) is 29.3. The van der Waals surface area contributed by atoms with Crippen molar-refractivity contribution >= 4 is 0 Å². The average molecular weight is 286 g/mol. The predicted octanol–water partition coefficient (Wildman–Crippen LogP) is 3.67. The Balaban J connectivity index is 1.56. The summed E-state index contributed by atoms with van der Waals surface area (Å²) in [5.41, 5.74) is 10.4. The van der Waals surface area contributed by atoms with E-state index in [4.69, 9.17) is 5.73 Å². The van der Waals surface area contributed by atoms with Gasteiger partial charge in [0.25, 0.3) is 0 Å². The van der Waals surface area contributed by atoms with E-state index in [0.29, 0.717) is 0 Å². The van der Waals surface area contributed by atoms with E-state index < -0.39 is 0 Å². The molecule has 2 bridgehead atoms. The molecule has 2 saturated carbocycles. The van der Waals surface area contributed by atoms with Crippen molar-refractivity contribution in [3.8, 4) is 0 Å². The number of hydrogen-bond donors (Lipinski definition) is 1. The number of hydrogen-bond acceptors (Lipinski definition) is 2. The van der Waals surface area contributed by atoms with Crippen molar-refractivity contribution in [2.75, 3.05) is 20.1 Å². The lowest BCUT2D eigenvalue weighted by atomic mass is 9.88. The Morgan fingerprint density at radius 3 is 2.71 bits per heavy atom. The van der Waals surface area contributed by atoms with Crippen LogP contribution in [0.3, 0.4) is 0 Å². The first-order valence-corrected chi connectivity index (χ1v) is 8.54. The zero-order chi connectivity index (χ0) is 15.0. The van der Waals surface area contributed by atoms with Crippen LogP contribution in [-0.4, -0.2) is 25.0 Å². The van der Waals surface area contributed by atoms with Gasteiger partial charge in [0.15, 0.2) is 0 Å². The quantitative estimate of drug-likeness (QED) is 0.895. The van der Waals surface area contributed by atoms with Crippen molar-refractivity contribution in [1.82, 2.24) is 4.90 Å². The molecule has 1 aromatic carbocycles. The van der Waals surface area contributed by atoms with Crippen LogP contribution in [-0.2, 0) is 0 Å². The van der Waals surface area contributed by atoms with Crippen LogP contribution >= 0.6 is 0 Å². The predicted molar refractivity (Wildman–Crippen MR) is 89.3 cm³/mol. The summed E-state index contributed by atoms with van der Waals surface area (Å²) in [7, 11) is 2.25. The van der Waals surface area contributed by atoms with E-state index in [-0.39, 0.29) is 6.04 Å². The molecule has 0 spiro atoms. The van der Waals surface area contributed by atoms with Gasteiger partial charge in [-0.25, -0.2) is 0 Å². The van der Waals surface area contributed by atoms with Gasteiger partial charge in [-0.2, -0.15) is 0 Å². The van der Waals surface area contributed by atoms with Gasteiger partial charge in [-0.05, 0) is 69.0 Å². The third-order valence-corrected chi connectivity index (χ3v) is 5.77. The Morgan fingerprint density at radius 2 is 2.05 bits per heavy atom. The number of likely N-dealkylation sites (N-methyl/N-ethyl adjacent to an activating group) is 1. The molecule has 4 atom stereocenters. The highest BCUT2D eigenvalue weighted by Crippen LogP contribution is 2.48. The Kier molecular flexibility index (Phi) is 4.37. The van der Waals surface area contributed by atoms with Crippen molar-refractivity contribution in [1.29, 1.82) is 0 Å². The van der Waals surface area contributed by atoms with Crippen LogP contribution in [0.1, 0.15) is 48.4 Å². The fraction of sp³-hybridized carbons (Fsp3) is 0.684. The largest absolute Gasteiger partial charge is 0.323 e. The molecule has 2 N–H and O–H groups in total. The first-order valence-electron chi connectivity index (χ1n) is 8.54. The summed E-state index contributed by atoms with van der Waals surface area (Å²) < 4.78 is 0. The summed E-state index contributed by atoms with van der Waals surface area (Å²) in [6.45, 7) is 6.52. The van der Waals surface area contributed by atoms with E-state index in [1.807, 2.05) is 0 Å². The molecule has 0 aromatic heterocycles. The van der Waals surface area contributed by atoms with Crippen molar-refractivity contribution in [3.63, 3.8) is 0 Å². The number of rotatable bonds is 5. The first kappa shape index (κ1) is 15.1. The van der Waals surface area contributed by atoms with E-state index in [2.05, 4.69) is 44.0 Å². The van der Waals surface area contributed by atoms with Crippen molar-refractivity contribution < 1.29 is 0 Å². The Hall–Kier alpha value is -0.860. The SMILES string of the molecule is Cc1ccc(C)c(C(N)CN(C)CC2CC3CCC2C3)c1. The van der Waals surface area contributed by atoms with Crippen LogP contribution in [0.25, 0.3) is 0 Å². The van der Waals surface area contributed by atoms with Crippen LogP contribution in [0, 0.1) is 31.6 Å². The second kappa shape index (κ2) is 6.10. The van der Waals surface area contributed by atoms with Gasteiger partial charge in [-0.3, -0.25) is 0 Å². The minimum absolute atomic E-state index is 0.133. The summed E-state index contributed by atoms with van der Waals surface area (Å²) in [6.07, 6.45) is 5.94. The van der Waals surface area contributed by atoms with Crippen LogP contribution in [0.15, 0.2) is 18.2 Å². The van der Waals surface area contributed by atoms with E-state index >= 15 is 0 Å². The molecule has 0 heterocycles. The van der Waals surface area contributed by atoms with Gasteiger partial charge in [-0.1, -0.05) is 30.2 Å². The molecular formula is C19H30N2. The Morgan fingerprint density at radius 1 is 1.24 bits per heavy atom. The van der Waals surface area contributed by atoms with Crippen LogP contribution in [0.5, 0.6) is 0 Å². The molecule has 2 aliphatic rings. The lowest BCUT2D eigenvalue weighted by Crippen LogP contribution is -2.34. The zero-order valence-corrected chi connectivity index (χ0v) is 13.8. The third-order valence-electron chi connectivity index (χ3n) is 5.77. The van der Waals surface area contributed by atoms with Crippen LogP contribution in [0.2, 0.25) is 0 Å². The highest BCUT2D eigenvalue weighted by molar-refractivity contribution is 5.33. The van der Waals surface area contributed by atoms with Gasteiger partial charge in [0, 0.05) is 19.1 Å². The molecule has 4 unspecified atom stereocenters. The highest BCUT2D eigenvalue weighted by atomic mass is 15.1.